The quantitative estimate of drug-likeness (QED) is 0.287. The zero-order valence-corrected chi connectivity index (χ0v) is 21.4. The van der Waals surface area contributed by atoms with Crippen LogP contribution >= 0.6 is 0 Å². The van der Waals surface area contributed by atoms with Gasteiger partial charge in [-0.2, -0.15) is 0 Å². The number of furan rings is 1. The van der Waals surface area contributed by atoms with E-state index in [2.05, 4.69) is 36.5 Å². The predicted octanol–water partition coefficient (Wildman–Crippen LogP) is 6.86. The van der Waals surface area contributed by atoms with Crippen LogP contribution in [0.15, 0.2) is 51.4 Å². The first-order valence-electron chi connectivity index (χ1n) is 12.1. The molecule has 2 aromatic heterocycles. The zero-order valence-electron chi connectivity index (χ0n) is 21.4. The van der Waals surface area contributed by atoms with E-state index in [9.17, 15) is 4.79 Å². The first-order chi connectivity index (χ1) is 16.7. The third kappa shape index (κ3) is 5.59. The van der Waals surface area contributed by atoms with Gasteiger partial charge in [0.05, 0.1) is 30.8 Å². The molecule has 35 heavy (non-hydrogen) atoms. The van der Waals surface area contributed by atoms with E-state index in [1.54, 1.807) is 7.11 Å². The maximum atomic E-state index is 13.1. The molecule has 1 atom stereocenters. The molecule has 1 amide bonds. The first-order valence-corrected chi connectivity index (χ1v) is 12.1. The number of ether oxygens (including phenoxy) is 1. The summed E-state index contributed by atoms with van der Waals surface area (Å²) in [4.78, 5) is 13.1. The van der Waals surface area contributed by atoms with Gasteiger partial charge in [0, 0.05) is 10.9 Å². The molecule has 0 bridgehead atoms. The van der Waals surface area contributed by atoms with E-state index in [-0.39, 0.29) is 18.4 Å². The lowest BCUT2D eigenvalue weighted by molar-refractivity contribution is -0.121. The number of fused-ring (bicyclic) bond motifs is 1. The molecular weight excluding hydrogens is 440 g/mol. The van der Waals surface area contributed by atoms with Crippen molar-refractivity contribution in [3.63, 3.8) is 0 Å². The van der Waals surface area contributed by atoms with Crippen molar-refractivity contribution in [1.82, 2.24) is 10.5 Å². The summed E-state index contributed by atoms with van der Waals surface area (Å²) in [5.41, 5.74) is 5.51. The van der Waals surface area contributed by atoms with Crippen LogP contribution in [0.5, 0.6) is 5.75 Å². The molecule has 0 saturated heterocycles. The predicted molar refractivity (Wildman–Crippen MR) is 138 cm³/mol. The molecule has 0 radical (unpaired) electrons. The van der Waals surface area contributed by atoms with Crippen molar-refractivity contribution in [2.45, 2.75) is 59.9 Å². The molecule has 6 heteroatoms. The van der Waals surface area contributed by atoms with E-state index in [0.717, 1.165) is 69.0 Å². The number of benzene rings is 2. The fourth-order valence-electron chi connectivity index (χ4n) is 4.50. The smallest absolute Gasteiger partial charge is 0.224 e. The summed E-state index contributed by atoms with van der Waals surface area (Å²) in [5, 5.41) is 8.22. The highest BCUT2D eigenvalue weighted by molar-refractivity contribution is 5.86. The Morgan fingerprint density at radius 1 is 1.06 bits per heavy atom. The van der Waals surface area contributed by atoms with Gasteiger partial charge < -0.3 is 19.0 Å². The highest BCUT2D eigenvalue weighted by atomic mass is 16.5. The third-order valence-electron chi connectivity index (χ3n) is 6.36. The van der Waals surface area contributed by atoms with Crippen molar-refractivity contribution in [2.24, 2.45) is 5.92 Å². The molecule has 0 aliphatic heterocycles. The molecule has 184 valence electrons. The van der Waals surface area contributed by atoms with E-state index in [4.69, 9.17) is 13.7 Å². The number of nitrogens with zero attached hydrogens (tertiary/aromatic N) is 1. The minimum atomic E-state index is -0.107. The summed E-state index contributed by atoms with van der Waals surface area (Å²) < 4.78 is 17.0. The molecule has 1 N–H and O–H groups in total. The van der Waals surface area contributed by atoms with Crippen LogP contribution in [0.4, 0.5) is 0 Å². The van der Waals surface area contributed by atoms with Gasteiger partial charge in [-0.1, -0.05) is 37.2 Å². The molecule has 0 aliphatic rings. The van der Waals surface area contributed by atoms with Crippen LogP contribution in [0, 0.1) is 26.7 Å². The zero-order chi connectivity index (χ0) is 25.1. The van der Waals surface area contributed by atoms with Crippen LogP contribution in [-0.2, 0) is 11.2 Å². The van der Waals surface area contributed by atoms with Crippen molar-refractivity contribution in [3.8, 4) is 17.1 Å². The molecule has 0 aliphatic carbocycles. The minimum absolute atomic E-state index is 0.0184. The van der Waals surface area contributed by atoms with Gasteiger partial charge in [0.2, 0.25) is 5.91 Å². The standard InChI is InChI=1S/C29H34N2O4/c1-17(2)7-11-24(23-10-8-18(3)13-26(23)33-6)30-28(32)15-21-9-12-25-22(14-21)16-27(34-25)29-19(4)31-35-20(29)5/h8-10,12-14,16-17,24H,7,11,15H2,1-6H3,(H,30,32). The van der Waals surface area contributed by atoms with Crippen molar-refractivity contribution in [1.29, 1.82) is 0 Å². The molecule has 4 rings (SSSR count). The highest BCUT2D eigenvalue weighted by Gasteiger charge is 2.20. The Morgan fingerprint density at radius 3 is 2.54 bits per heavy atom. The third-order valence-corrected chi connectivity index (χ3v) is 6.36. The number of carbonyl (C=O) groups is 1. The van der Waals surface area contributed by atoms with Crippen LogP contribution in [-0.4, -0.2) is 18.2 Å². The average molecular weight is 475 g/mol. The number of carbonyl (C=O) groups excluding carboxylic acids is 1. The Balaban J connectivity index is 1.53. The second-order valence-electron chi connectivity index (χ2n) is 9.70. The Kier molecular flexibility index (Phi) is 7.29. The summed E-state index contributed by atoms with van der Waals surface area (Å²) in [7, 11) is 1.68. The molecule has 0 saturated carbocycles. The maximum absolute atomic E-state index is 13.1. The Hall–Kier alpha value is -3.54. The summed E-state index contributed by atoms with van der Waals surface area (Å²) in [6.45, 7) is 10.2. The van der Waals surface area contributed by atoms with Gasteiger partial charge in [0.1, 0.15) is 22.9 Å². The lowest BCUT2D eigenvalue weighted by Gasteiger charge is -2.23. The number of nitrogens with one attached hydrogen (secondary N) is 1. The first kappa shape index (κ1) is 24.6. The van der Waals surface area contributed by atoms with Gasteiger partial charge in [-0.3, -0.25) is 4.79 Å². The van der Waals surface area contributed by atoms with Crippen molar-refractivity contribution in [2.75, 3.05) is 7.11 Å². The molecular formula is C29H34N2O4. The molecule has 6 nitrogen and oxygen atoms in total. The van der Waals surface area contributed by atoms with Crippen LogP contribution < -0.4 is 10.1 Å². The molecule has 1 unspecified atom stereocenters. The van der Waals surface area contributed by atoms with Crippen LogP contribution in [0.1, 0.15) is 60.9 Å². The van der Waals surface area contributed by atoms with E-state index in [1.165, 1.54) is 0 Å². The number of methoxy groups -OCH3 is 1. The van der Waals surface area contributed by atoms with Gasteiger partial charge in [-0.25, -0.2) is 0 Å². The van der Waals surface area contributed by atoms with Crippen LogP contribution in [0.3, 0.4) is 0 Å². The van der Waals surface area contributed by atoms with Crippen molar-refractivity contribution >= 4 is 16.9 Å². The number of amides is 1. The number of hydrogen-bond donors (Lipinski definition) is 1. The second kappa shape index (κ2) is 10.4. The van der Waals surface area contributed by atoms with Crippen LogP contribution in [0.25, 0.3) is 22.3 Å². The maximum Gasteiger partial charge on any atom is 0.224 e. The monoisotopic (exact) mass is 474 g/mol. The number of hydrogen-bond acceptors (Lipinski definition) is 5. The molecule has 0 spiro atoms. The largest absolute Gasteiger partial charge is 0.496 e. The lowest BCUT2D eigenvalue weighted by Crippen LogP contribution is -2.30. The van der Waals surface area contributed by atoms with Gasteiger partial charge in [0.25, 0.3) is 0 Å². The van der Waals surface area contributed by atoms with Gasteiger partial charge in [0.15, 0.2) is 0 Å². The van der Waals surface area contributed by atoms with E-state index in [0.29, 0.717) is 5.92 Å². The number of aromatic nitrogens is 1. The summed E-state index contributed by atoms with van der Waals surface area (Å²) in [6.07, 6.45) is 2.14. The SMILES string of the molecule is COc1cc(C)ccc1C(CCC(C)C)NC(=O)Cc1ccc2oc(-c3c(C)noc3C)cc2c1. The Bertz CT molecular complexity index is 1310. The number of rotatable bonds is 9. The fourth-order valence-corrected chi connectivity index (χ4v) is 4.50. The molecule has 4 aromatic rings. The van der Waals surface area contributed by atoms with Gasteiger partial charge in [-0.05, 0) is 74.9 Å². The molecule has 2 heterocycles. The fraction of sp³-hybridized carbons (Fsp3) is 0.379. The summed E-state index contributed by atoms with van der Waals surface area (Å²) >= 11 is 0. The minimum Gasteiger partial charge on any atom is -0.496 e. The van der Waals surface area contributed by atoms with E-state index >= 15 is 0 Å². The molecule has 2 aromatic carbocycles. The Labute approximate surface area is 206 Å². The Morgan fingerprint density at radius 2 is 1.86 bits per heavy atom. The van der Waals surface area contributed by atoms with Crippen LogP contribution in [0.2, 0.25) is 0 Å². The number of aryl methyl sites for hydroxylation is 3. The highest BCUT2D eigenvalue weighted by Crippen LogP contribution is 2.33. The average Bonchev–Trinajstić information content (AvgIpc) is 3.37. The van der Waals surface area contributed by atoms with E-state index < -0.39 is 0 Å². The van der Waals surface area contributed by atoms with Crippen molar-refractivity contribution in [3.05, 3.63) is 70.6 Å². The summed E-state index contributed by atoms with van der Waals surface area (Å²) in [6, 6.07) is 13.9. The topological polar surface area (TPSA) is 77.5 Å². The second-order valence-corrected chi connectivity index (χ2v) is 9.70. The van der Waals surface area contributed by atoms with Gasteiger partial charge in [-0.15, -0.1) is 0 Å². The normalized spacial score (nSPS) is 12.3. The van der Waals surface area contributed by atoms with E-state index in [1.807, 2.05) is 51.1 Å². The molecule has 0 fully saturated rings. The van der Waals surface area contributed by atoms with Gasteiger partial charge >= 0.3 is 0 Å². The lowest BCUT2D eigenvalue weighted by atomic mass is 9.95. The van der Waals surface area contributed by atoms with Crippen molar-refractivity contribution < 1.29 is 18.5 Å². The summed E-state index contributed by atoms with van der Waals surface area (Å²) in [5.74, 6) is 2.78.